The van der Waals surface area contributed by atoms with Crippen LogP contribution in [-0.4, -0.2) is 22.2 Å². The summed E-state index contributed by atoms with van der Waals surface area (Å²) >= 11 is 0. The molecule has 0 spiro atoms. The normalized spacial score (nSPS) is 11.8. The molecule has 0 aliphatic heterocycles. The third kappa shape index (κ3) is 3.04. The molecule has 0 saturated heterocycles. The Balaban J connectivity index is 1.90. The molecule has 0 radical (unpaired) electrons. The lowest BCUT2D eigenvalue weighted by Crippen LogP contribution is -2.23. The number of carbonyl (C=O) groups excluding carboxylic acids is 1. The molecule has 0 bridgehead atoms. The Labute approximate surface area is 97.6 Å². The average Bonchev–Trinajstić information content (AvgIpc) is 2.83. The van der Waals surface area contributed by atoms with Crippen molar-refractivity contribution in [3.05, 3.63) is 42.7 Å². The second-order valence-electron chi connectivity index (χ2n) is 3.26. The van der Waals surface area contributed by atoms with Crippen LogP contribution in [0.15, 0.2) is 41.4 Å². The van der Waals surface area contributed by atoms with Gasteiger partial charge in [0.25, 0.3) is 0 Å². The van der Waals surface area contributed by atoms with Crippen molar-refractivity contribution in [1.82, 2.24) is 9.97 Å². The number of furan rings is 1. The zero-order valence-electron chi connectivity index (χ0n) is 9.16. The smallest absolute Gasteiger partial charge is 0.376 e. The van der Waals surface area contributed by atoms with Gasteiger partial charge in [-0.3, -0.25) is 0 Å². The van der Waals surface area contributed by atoms with Gasteiger partial charge < -0.3 is 14.5 Å². The number of ether oxygens (including phenoxy) is 1. The van der Waals surface area contributed by atoms with Crippen LogP contribution in [0.25, 0.3) is 0 Å². The number of nitrogens with one attached hydrogen (secondary N) is 1. The molecule has 0 aliphatic rings. The molecular weight excluding hydrogens is 222 g/mol. The van der Waals surface area contributed by atoms with E-state index in [0.29, 0.717) is 5.82 Å². The fourth-order valence-electron chi connectivity index (χ4n) is 1.23. The van der Waals surface area contributed by atoms with Gasteiger partial charge in [0.15, 0.2) is 6.23 Å². The van der Waals surface area contributed by atoms with Gasteiger partial charge >= 0.3 is 5.97 Å². The molecule has 2 aromatic rings. The van der Waals surface area contributed by atoms with Crippen LogP contribution in [0.3, 0.4) is 0 Å². The van der Waals surface area contributed by atoms with E-state index in [9.17, 15) is 4.79 Å². The molecule has 6 heteroatoms. The predicted octanol–water partition coefficient (Wildman–Crippen LogP) is 1.68. The number of hydrogen-bond donors (Lipinski definition) is 1. The summed E-state index contributed by atoms with van der Waals surface area (Å²) in [4.78, 5) is 19.2. The van der Waals surface area contributed by atoms with E-state index in [2.05, 4.69) is 15.3 Å². The van der Waals surface area contributed by atoms with E-state index < -0.39 is 12.2 Å². The van der Waals surface area contributed by atoms with E-state index in [-0.39, 0.29) is 5.76 Å². The van der Waals surface area contributed by atoms with Gasteiger partial charge in [-0.2, -0.15) is 0 Å². The summed E-state index contributed by atoms with van der Waals surface area (Å²) in [6.45, 7) is 1.70. The van der Waals surface area contributed by atoms with Crippen LogP contribution in [0.5, 0.6) is 0 Å². The summed E-state index contributed by atoms with van der Waals surface area (Å²) in [6.07, 6.45) is 3.90. The van der Waals surface area contributed by atoms with Gasteiger partial charge in [-0.15, -0.1) is 0 Å². The molecule has 0 fully saturated rings. The summed E-state index contributed by atoms with van der Waals surface area (Å²) in [7, 11) is 0. The third-order valence-electron chi connectivity index (χ3n) is 1.94. The van der Waals surface area contributed by atoms with E-state index in [1.807, 2.05) is 0 Å². The molecule has 2 heterocycles. The number of carbonyl (C=O) groups is 1. The van der Waals surface area contributed by atoms with E-state index in [0.717, 1.165) is 0 Å². The number of hydrogen-bond acceptors (Lipinski definition) is 6. The van der Waals surface area contributed by atoms with Crippen LogP contribution < -0.4 is 5.32 Å². The maximum Gasteiger partial charge on any atom is 0.376 e. The van der Waals surface area contributed by atoms with Crippen molar-refractivity contribution in [2.45, 2.75) is 13.2 Å². The maximum absolute atomic E-state index is 11.5. The summed E-state index contributed by atoms with van der Waals surface area (Å²) in [6, 6.07) is 4.84. The Morgan fingerprint density at radius 1 is 1.53 bits per heavy atom. The molecule has 1 atom stereocenters. The first kappa shape index (κ1) is 11.1. The highest BCUT2D eigenvalue weighted by molar-refractivity contribution is 5.86. The minimum absolute atomic E-state index is 0.168. The average molecular weight is 233 g/mol. The van der Waals surface area contributed by atoms with Gasteiger partial charge in [-0.25, -0.2) is 14.8 Å². The van der Waals surface area contributed by atoms with E-state index >= 15 is 0 Å². The van der Waals surface area contributed by atoms with Gasteiger partial charge in [-0.1, -0.05) is 0 Å². The second kappa shape index (κ2) is 5.11. The Morgan fingerprint density at radius 2 is 2.41 bits per heavy atom. The highest BCUT2D eigenvalue weighted by Crippen LogP contribution is 2.07. The fourth-order valence-corrected chi connectivity index (χ4v) is 1.23. The standard InChI is InChI=1S/C11H11N3O3/c1-8(14-10-4-5-12-7-13-10)17-11(15)9-3-2-6-16-9/h2-8H,1H3,(H,12,13,14). The highest BCUT2D eigenvalue weighted by atomic mass is 16.6. The highest BCUT2D eigenvalue weighted by Gasteiger charge is 2.14. The Hall–Kier alpha value is -2.37. The molecule has 17 heavy (non-hydrogen) atoms. The van der Waals surface area contributed by atoms with Crippen LogP contribution >= 0.6 is 0 Å². The third-order valence-corrected chi connectivity index (χ3v) is 1.94. The minimum Gasteiger partial charge on any atom is -0.457 e. The van der Waals surface area contributed by atoms with Crippen LogP contribution in [0, 0.1) is 0 Å². The lowest BCUT2D eigenvalue weighted by Gasteiger charge is -2.14. The van der Waals surface area contributed by atoms with Crippen LogP contribution in [0.4, 0.5) is 5.82 Å². The van der Waals surface area contributed by atoms with Crippen LogP contribution in [-0.2, 0) is 4.74 Å². The molecule has 0 aromatic carbocycles. The Morgan fingerprint density at radius 3 is 3.06 bits per heavy atom. The number of rotatable bonds is 4. The lowest BCUT2D eigenvalue weighted by atomic mass is 10.4. The molecule has 0 amide bonds. The summed E-state index contributed by atoms with van der Waals surface area (Å²) in [5, 5.41) is 2.90. The number of nitrogens with zero attached hydrogens (tertiary/aromatic N) is 2. The predicted molar refractivity (Wildman–Crippen MR) is 59.2 cm³/mol. The van der Waals surface area contributed by atoms with Crippen molar-refractivity contribution in [1.29, 1.82) is 0 Å². The number of anilines is 1. The lowest BCUT2D eigenvalue weighted by molar-refractivity contribution is 0.0356. The Bertz CT molecular complexity index is 470. The largest absolute Gasteiger partial charge is 0.457 e. The van der Waals surface area contributed by atoms with Gasteiger partial charge in [0.05, 0.1) is 6.26 Å². The van der Waals surface area contributed by atoms with Crippen molar-refractivity contribution >= 4 is 11.8 Å². The SMILES string of the molecule is CC(Nc1ccncn1)OC(=O)c1ccco1. The number of esters is 1. The van der Waals surface area contributed by atoms with Crippen molar-refractivity contribution in [3.8, 4) is 0 Å². The van der Waals surface area contributed by atoms with Crippen molar-refractivity contribution < 1.29 is 13.9 Å². The first-order chi connectivity index (χ1) is 8.25. The first-order valence-electron chi connectivity index (χ1n) is 5.03. The summed E-state index contributed by atoms with van der Waals surface area (Å²) in [5.74, 6) is 0.227. The molecular formula is C11H11N3O3. The molecule has 0 aliphatic carbocycles. The first-order valence-corrected chi connectivity index (χ1v) is 5.03. The maximum atomic E-state index is 11.5. The zero-order chi connectivity index (χ0) is 12.1. The second-order valence-corrected chi connectivity index (χ2v) is 3.26. The van der Waals surface area contributed by atoms with E-state index in [1.54, 1.807) is 31.3 Å². The van der Waals surface area contributed by atoms with Crippen LogP contribution in [0.1, 0.15) is 17.5 Å². The monoisotopic (exact) mass is 233 g/mol. The van der Waals surface area contributed by atoms with Crippen molar-refractivity contribution in [2.24, 2.45) is 0 Å². The van der Waals surface area contributed by atoms with Gasteiger partial charge in [0.2, 0.25) is 5.76 Å². The molecule has 88 valence electrons. The molecule has 2 aromatic heterocycles. The number of aromatic nitrogens is 2. The van der Waals surface area contributed by atoms with E-state index in [4.69, 9.17) is 9.15 Å². The zero-order valence-corrected chi connectivity index (χ0v) is 9.16. The fraction of sp³-hybridized carbons (Fsp3) is 0.182. The molecule has 2 rings (SSSR count). The quantitative estimate of drug-likeness (QED) is 0.639. The van der Waals surface area contributed by atoms with Crippen molar-refractivity contribution in [2.75, 3.05) is 5.32 Å². The van der Waals surface area contributed by atoms with Gasteiger partial charge in [0.1, 0.15) is 12.1 Å². The van der Waals surface area contributed by atoms with Crippen LogP contribution in [0.2, 0.25) is 0 Å². The minimum atomic E-state index is -0.524. The molecule has 0 saturated carbocycles. The molecule has 1 unspecified atom stereocenters. The summed E-state index contributed by atoms with van der Waals surface area (Å²) < 4.78 is 10.0. The van der Waals surface area contributed by atoms with Crippen molar-refractivity contribution in [3.63, 3.8) is 0 Å². The molecule has 1 N–H and O–H groups in total. The van der Waals surface area contributed by atoms with Gasteiger partial charge in [0, 0.05) is 6.20 Å². The molecule has 6 nitrogen and oxygen atoms in total. The summed E-state index contributed by atoms with van der Waals surface area (Å²) in [5.41, 5.74) is 0. The topological polar surface area (TPSA) is 77.3 Å². The van der Waals surface area contributed by atoms with Gasteiger partial charge in [-0.05, 0) is 25.1 Å². The van der Waals surface area contributed by atoms with E-state index in [1.165, 1.54) is 12.6 Å². The Kier molecular flexibility index (Phi) is 3.34.